The topological polar surface area (TPSA) is 76.3 Å². The molecule has 0 unspecified atom stereocenters. The van der Waals surface area contributed by atoms with Crippen molar-refractivity contribution < 1.29 is 9.59 Å². The van der Waals surface area contributed by atoms with Gasteiger partial charge in [-0.2, -0.15) is 0 Å². The second-order valence-corrected chi connectivity index (χ2v) is 4.96. The Morgan fingerprint density at radius 2 is 1.90 bits per heavy atom. The third kappa shape index (κ3) is 2.16. The molecule has 21 heavy (non-hydrogen) atoms. The molecule has 5 nitrogen and oxygen atoms in total. The van der Waals surface area contributed by atoms with Crippen LogP contribution in [0.15, 0.2) is 36.5 Å². The lowest BCUT2D eigenvalue weighted by Crippen LogP contribution is -2.30. The van der Waals surface area contributed by atoms with Gasteiger partial charge in [0.2, 0.25) is 0 Å². The number of rotatable bonds is 3. The third-order valence-corrected chi connectivity index (χ3v) is 3.67. The van der Waals surface area contributed by atoms with Gasteiger partial charge in [-0.15, -0.1) is 0 Å². The maximum atomic E-state index is 12.4. The quantitative estimate of drug-likeness (QED) is 0.690. The van der Waals surface area contributed by atoms with Gasteiger partial charge >= 0.3 is 0 Å². The summed E-state index contributed by atoms with van der Waals surface area (Å²) in [6.07, 6.45) is 2.48. The van der Waals surface area contributed by atoms with Gasteiger partial charge in [0.15, 0.2) is 0 Å². The maximum absolute atomic E-state index is 12.4. The lowest BCUT2D eigenvalue weighted by Gasteiger charge is -2.15. The van der Waals surface area contributed by atoms with Crippen LogP contribution < -0.4 is 5.73 Å². The highest BCUT2D eigenvalue weighted by Crippen LogP contribution is 2.26. The number of nitrogen functional groups attached to an aromatic ring is 1. The largest absolute Gasteiger partial charge is 0.399 e. The summed E-state index contributed by atoms with van der Waals surface area (Å²) >= 11 is 0. The zero-order valence-electron chi connectivity index (χ0n) is 11.7. The standard InChI is InChI=1S/C16H15N3O2/c1-2-10-4-3-7-18-14(10)9-19-15(20)12-6-5-11(17)8-13(12)16(19)21/h3-8H,2,9,17H2,1H3. The Bertz CT molecular complexity index is 740. The first-order valence-corrected chi connectivity index (χ1v) is 6.80. The molecule has 0 spiro atoms. The van der Waals surface area contributed by atoms with Gasteiger partial charge in [0.1, 0.15) is 0 Å². The van der Waals surface area contributed by atoms with E-state index in [-0.39, 0.29) is 18.4 Å². The van der Waals surface area contributed by atoms with E-state index in [0.29, 0.717) is 16.8 Å². The van der Waals surface area contributed by atoms with Gasteiger partial charge in [-0.05, 0) is 36.2 Å². The number of carbonyl (C=O) groups is 2. The molecule has 2 aromatic rings. The Balaban J connectivity index is 1.95. The number of hydrogen-bond acceptors (Lipinski definition) is 4. The van der Waals surface area contributed by atoms with Crippen molar-refractivity contribution in [2.24, 2.45) is 0 Å². The van der Waals surface area contributed by atoms with Crippen LogP contribution in [-0.2, 0) is 13.0 Å². The number of aromatic nitrogens is 1. The monoisotopic (exact) mass is 281 g/mol. The van der Waals surface area contributed by atoms with Crippen LogP contribution in [0.3, 0.4) is 0 Å². The van der Waals surface area contributed by atoms with E-state index in [1.807, 2.05) is 19.1 Å². The highest BCUT2D eigenvalue weighted by Gasteiger charge is 2.35. The van der Waals surface area contributed by atoms with Crippen LogP contribution in [0.25, 0.3) is 0 Å². The Morgan fingerprint density at radius 3 is 2.67 bits per heavy atom. The second kappa shape index (κ2) is 5.01. The van der Waals surface area contributed by atoms with E-state index in [1.165, 1.54) is 4.90 Å². The van der Waals surface area contributed by atoms with E-state index in [9.17, 15) is 9.59 Å². The van der Waals surface area contributed by atoms with Crippen LogP contribution in [0.5, 0.6) is 0 Å². The van der Waals surface area contributed by atoms with Gasteiger partial charge in [-0.1, -0.05) is 13.0 Å². The molecule has 2 N–H and O–H groups in total. The summed E-state index contributed by atoms with van der Waals surface area (Å²) in [5, 5.41) is 0. The number of fused-ring (bicyclic) bond motifs is 1. The number of imide groups is 1. The molecule has 2 heterocycles. The summed E-state index contributed by atoms with van der Waals surface area (Å²) in [4.78, 5) is 30.3. The van der Waals surface area contributed by atoms with Crippen molar-refractivity contribution in [1.29, 1.82) is 0 Å². The van der Waals surface area contributed by atoms with Crippen molar-refractivity contribution in [3.05, 3.63) is 58.9 Å². The predicted octanol–water partition coefficient (Wildman–Crippen LogP) is 2.02. The first kappa shape index (κ1) is 13.3. The van der Waals surface area contributed by atoms with E-state index in [1.54, 1.807) is 24.4 Å². The molecule has 0 atom stereocenters. The van der Waals surface area contributed by atoms with Crippen molar-refractivity contribution in [1.82, 2.24) is 9.88 Å². The van der Waals surface area contributed by atoms with Gasteiger partial charge in [0.05, 0.1) is 23.4 Å². The molecule has 0 saturated carbocycles. The fourth-order valence-electron chi connectivity index (χ4n) is 2.54. The average Bonchev–Trinajstić information content (AvgIpc) is 2.72. The highest BCUT2D eigenvalue weighted by atomic mass is 16.2. The van der Waals surface area contributed by atoms with Crippen molar-refractivity contribution in [2.75, 3.05) is 5.73 Å². The van der Waals surface area contributed by atoms with E-state index >= 15 is 0 Å². The number of benzene rings is 1. The number of pyridine rings is 1. The van der Waals surface area contributed by atoms with E-state index in [0.717, 1.165) is 17.7 Å². The number of nitrogens with zero attached hydrogens (tertiary/aromatic N) is 2. The predicted molar refractivity (Wildman–Crippen MR) is 78.7 cm³/mol. The van der Waals surface area contributed by atoms with E-state index in [2.05, 4.69) is 4.98 Å². The molecule has 0 radical (unpaired) electrons. The molecule has 1 aromatic heterocycles. The number of amides is 2. The van der Waals surface area contributed by atoms with Crippen LogP contribution in [0.1, 0.15) is 38.9 Å². The van der Waals surface area contributed by atoms with Gasteiger partial charge in [0, 0.05) is 11.9 Å². The number of carbonyl (C=O) groups excluding carboxylic acids is 2. The Morgan fingerprint density at radius 1 is 1.14 bits per heavy atom. The third-order valence-electron chi connectivity index (χ3n) is 3.67. The molecule has 1 aliphatic rings. The van der Waals surface area contributed by atoms with Crippen LogP contribution >= 0.6 is 0 Å². The minimum atomic E-state index is -0.310. The van der Waals surface area contributed by atoms with Crippen molar-refractivity contribution in [3.63, 3.8) is 0 Å². The molecule has 0 aliphatic carbocycles. The highest BCUT2D eigenvalue weighted by molar-refractivity contribution is 6.21. The maximum Gasteiger partial charge on any atom is 0.261 e. The zero-order valence-corrected chi connectivity index (χ0v) is 11.7. The summed E-state index contributed by atoms with van der Waals surface area (Å²) in [5.74, 6) is -0.599. The van der Waals surface area contributed by atoms with Crippen molar-refractivity contribution in [2.45, 2.75) is 19.9 Å². The number of aryl methyl sites for hydroxylation is 1. The lowest BCUT2D eigenvalue weighted by atomic mass is 10.1. The summed E-state index contributed by atoms with van der Waals surface area (Å²) in [6, 6.07) is 8.59. The molecule has 3 rings (SSSR count). The number of hydrogen-bond donors (Lipinski definition) is 1. The number of nitrogens with two attached hydrogens (primary N) is 1. The van der Waals surface area contributed by atoms with Crippen LogP contribution in [0, 0.1) is 0 Å². The molecule has 0 bridgehead atoms. The Labute approximate surface area is 122 Å². The summed E-state index contributed by atoms with van der Waals surface area (Å²) < 4.78 is 0. The Kier molecular flexibility index (Phi) is 3.17. The molecule has 5 heteroatoms. The molecular weight excluding hydrogens is 266 g/mol. The van der Waals surface area contributed by atoms with Gasteiger partial charge < -0.3 is 5.73 Å². The lowest BCUT2D eigenvalue weighted by molar-refractivity contribution is 0.0640. The van der Waals surface area contributed by atoms with E-state index < -0.39 is 0 Å². The van der Waals surface area contributed by atoms with Crippen LogP contribution in [-0.4, -0.2) is 21.7 Å². The molecule has 1 aromatic carbocycles. The minimum Gasteiger partial charge on any atom is -0.399 e. The molecule has 2 amide bonds. The molecule has 0 saturated heterocycles. The van der Waals surface area contributed by atoms with Crippen LogP contribution in [0.2, 0.25) is 0 Å². The van der Waals surface area contributed by atoms with Crippen molar-refractivity contribution in [3.8, 4) is 0 Å². The summed E-state index contributed by atoms with van der Waals surface area (Å²) in [5.41, 5.74) is 8.73. The fraction of sp³-hybridized carbons (Fsp3) is 0.188. The smallest absolute Gasteiger partial charge is 0.261 e. The van der Waals surface area contributed by atoms with Crippen molar-refractivity contribution >= 4 is 17.5 Å². The molecule has 1 aliphatic heterocycles. The average molecular weight is 281 g/mol. The number of anilines is 1. The molecule has 106 valence electrons. The second-order valence-electron chi connectivity index (χ2n) is 4.96. The minimum absolute atomic E-state index is 0.191. The van der Waals surface area contributed by atoms with Gasteiger partial charge in [-0.3, -0.25) is 19.5 Å². The van der Waals surface area contributed by atoms with Crippen LogP contribution in [0.4, 0.5) is 5.69 Å². The molecular formula is C16H15N3O2. The summed E-state index contributed by atoms with van der Waals surface area (Å²) in [7, 11) is 0. The van der Waals surface area contributed by atoms with Gasteiger partial charge in [-0.25, -0.2) is 0 Å². The van der Waals surface area contributed by atoms with E-state index in [4.69, 9.17) is 5.73 Å². The van der Waals surface area contributed by atoms with Gasteiger partial charge in [0.25, 0.3) is 11.8 Å². The summed E-state index contributed by atoms with van der Waals surface area (Å²) in [6.45, 7) is 2.21. The first-order valence-electron chi connectivity index (χ1n) is 6.80. The zero-order chi connectivity index (χ0) is 15.0. The first-order chi connectivity index (χ1) is 10.1. The normalized spacial score (nSPS) is 13.7. The SMILES string of the molecule is CCc1cccnc1CN1C(=O)c2ccc(N)cc2C1=O. The molecule has 0 fully saturated rings. The fourth-order valence-corrected chi connectivity index (χ4v) is 2.54. The Hall–Kier alpha value is -2.69.